The van der Waals surface area contributed by atoms with Gasteiger partial charge in [0.25, 0.3) is 0 Å². The second-order valence-corrected chi connectivity index (χ2v) is 7.45. The summed E-state index contributed by atoms with van der Waals surface area (Å²) in [6.45, 7) is 6.53. The second-order valence-electron chi connectivity index (χ2n) is 7.45. The second kappa shape index (κ2) is 5.84. The van der Waals surface area contributed by atoms with Gasteiger partial charge in [-0.2, -0.15) is 13.2 Å². The Morgan fingerprint density at radius 3 is 2.30 bits per heavy atom. The molecular formula is C15H27F3N2. The molecule has 0 aromatic heterocycles. The van der Waals surface area contributed by atoms with Gasteiger partial charge in [0.15, 0.2) is 0 Å². The summed E-state index contributed by atoms with van der Waals surface area (Å²) in [6.07, 6.45) is -0.246. The first kappa shape index (κ1) is 16.1. The molecular weight excluding hydrogens is 265 g/mol. The molecule has 0 amide bonds. The summed E-state index contributed by atoms with van der Waals surface area (Å²) in [5.74, 6) is -0.670. The van der Waals surface area contributed by atoms with Crippen molar-refractivity contribution in [3.8, 4) is 0 Å². The molecule has 118 valence electrons. The van der Waals surface area contributed by atoms with Crippen LogP contribution in [-0.4, -0.2) is 36.8 Å². The zero-order valence-corrected chi connectivity index (χ0v) is 12.5. The van der Waals surface area contributed by atoms with E-state index in [0.29, 0.717) is 24.4 Å². The van der Waals surface area contributed by atoms with E-state index in [1.165, 1.54) is 0 Å². The van der Waals surface area contributed by atoms with Crippen molar-refractivity contribution >= 4 is 0 Å². The summed E-state index contributed by atoms with van der Waals surface area (Å²) < 4.78 is 38.0. The molecule has 0 spiro atoms. The minimum absolute atomic E-state index is 0.211. The maximum Gasteiger partial charge on any atom is 0.391 e. The van der Waals surface area contributed by atoms with E-state index >= 15 is 0 Å². The summed E-state index contributed by atoms with van der Waals surface area (Å²) >= 11 is 0. The van der Waals surface area contributed by atoms with Gasteiger partial charge in [-0.25, -0.2) is 0 Å². The molecule has 2 unspecified atom stereocenters. The number of hydrogen-bond acceptors (Lipinski definition) is 2. The molecule has 2 aliphatic rings. The van der Waals surface area contributed by atoms with E-state index in [-0.39, 0.29) is 18.9 Å². The standard InChI is InChI=1S/C15H27F3N2/c1-14(2)6-3-13(19)11(9-14)10-20-7-4-12(5-8-20)15(16,17)18/h11-13H,3-10,19H2,1-2H3. The summed E-state index contributed by atoms with van der Waals surface area (Å²) in [5.41, 5.74) is 6.53. The Morgan fingerprint density at radius 2 is 1.75 bits per heavy atom. The first-order valence-electron chi connectivity index (χ1n) is 7.72. The summed E-state index contributed by atoms with van der Waals surface area (Å²) in [5, 5.41) is 0. The Labute approximate surface area is 119 Å². The van der Waals surface area contributed by atoms with Gasteiger partial charge in [-0.3, -0.25) is 0 Å². The Bertz CT molecular complexity index is 320. The fourth-order valence-electron chi connectivity index (χ4n) is 3.73. The third kappa shape index (κ3) is 4.10. The molecule has 2 fully saturated rings. The van der Waals surface area contributed by atoms with Crippen LogP contribution in [0, 0.1) is 17.3 Å². The average Bonchev–Trinajstić information content (AvgIpc) is 2.33. The van der Waals surface area contributed by atoms with Gasteiger partial charge in [0.1, 0.15) is 0 Å². The largest absolute Gasteiger partial charge is 0.391 e. The molecule has 5 heteroatoms. The Balaban J connectivity index is 1.83. The van der Waals surface area contributed by atoms with Gasteiger partial charge in [-0.15, -0.1) is 0 Å². The highest BCUT2D eigenvalue weighted by Gasteiger charge is 2.42. The summed E-state index contributed by atoms with van der Waals surface area (Å²) in [4.78, 5) is 2.19. The Hall–Kier alpha value is -0.290. The molecule has 0 bridgehead atoms. The first-order valence-corrected chi connectivity index (χ1v) is 7.72. The van der Waals surface area contributed by atoms with Crippen LogP contribution in [-0.2, 0) is 0 Å². The van der Waals surface area contributed by atoms with E-state index in [1.54, 1.807) is 0 Å². The van der Waals surface area contributed by atoms with E-state index in [9.17, 15) is 13.2 Å². The Morgan fingerprint density at radius 1 is 1.15 bits per heavy atom. The lowest BCUT2D eigenvalue weighted by molar-refractivity contribution is -0.185. The number of hydrogen-bond donors (Lipinski definition) is 1. The van der Waals surface area contributed by atoms with Crippen LogP contribution in [0.4, 0.5) is 13.2 Å². The summed E-state index contributed by atoms with van der Waals surface area (Å²) in [6, 6.07) is 0.211. The highest BCUT2D eigenvalue weighted by Crippen LogP contribution is 2.39. The molecule has 1 heterocycles. The fourth-order valence-corrected chi connectivity index (χ4v) is 3.73. The molecule has 0 aromatic rings. The molecule has 2 rings (SSSR count). The molecule has 1 saturated heterocycles. The number of nitrogens with two attached hydrogens (primary N) is 1. The molecule has 20 heavy (non-hydrogen) atoms. The van der Waals surface area contributed by atoms with Gasteiger partial charge in [-0.1, -0.05) is 13.8 Å². The van der Waals surface area contributed by atoms with Crippen molar-refractivity contribution in [3.63, 3.8) is 0 Å². The maximum atomic E-state index is 12.7. The smallest absolute Gasteiger partial charge is 0.327 e. The van der Waals surface area contributed by atoms with Crippen molar-refractivity contribution in [2.75, 3.05) is 19.6 Å². The third-order valence-corrected chi connectivity index (χ3v) is 5.12. The summed E-state index contributed by atoms with van der Waals surface area (Å²) in [7, 11) is 0. The highest BCUT2D eigenvalue weighted by molar-refractivity contribution is 4.89. The number of nitrogens with zero attached hydrogens (tertiary/aromatic N) is 1. The molecule has 1 aliphatic carbocycles. The van der Waals surface area contributed by atoms with Crippen molar-refractivity contribution in [2.45, 2.75) is 58.2 Å². The van der Waals surface area contributed by atoms with Crippen LogP contribution in [0.15, 0.2) is 0 Å². The van der Waals surface area contributed by atoms with Gasteiger partial charge < -0.3 is 10.6 Å². The van der Waals surface area contributed by atoms with Gasteiger partial charge in [-0.05, 0) is 56.5 Å². The minimum Gasteiger partial charge on any atom is -0.327 e. The first-order chi connectivity index (χ1) is 9.17. The van der Waals surface area contributed by atoms with Crippen molar-refractivity contribution in [1.82, 2.24) is 4.90 Å². The predicted octanol–water partition coefficient (Wildman–Crippen LogP) is 3.41. The zero-order valence-electron chi connectivity index (χ0n) is 12.5. The molecule has 0 radical (unpaired) electrons. The number of halogens is 3. The molecule has 1 aliphatic heterocycles. The molecule has 2 nitrogen and oxygen atoms in total. The van der Waals surface area contributed by atoms with Crippen molar-refractivity contribution in [1.29, 1.82) is 0 Å². The van der Waals surface area contributed by atoms with E-state index in [1.807, 2.05) is 0 Å². The lowest BCUT2D eigenvalue weighted by atomic mass is 9.70. The van der Waals surface area contributed by atoms with Gasteiger partial charge in [0.05, 0.1) is 5.92 Å². The van der Waals surface area contributed by atoms with Crippen LogP contribution in [0.1, 0.15) is 46.0 Å². The predicted molar refractivity (Wildman–Crippen MR) is 74.3 cm³/mol. The Kier molecular flexibility index (Phi) is 4.69. The normalized spacial score (nSPS) is 33.3. The van der Waals surface area contributed by atoms with E-state index in [4.69, 9.17) is 5.73 Å². The monoisotopic (exact) mass is 292 g/mol. The number of piperidine rings is 1. The maximum absolute atomic E-state index is 12.7. The molecule has 1 saturated carbocycles. The van der Waals surface area contributed by atoms with E-state index in [0.717, 1.165) is 25.8 Å². The van der Waals surface area contributed by atoms with Crippen LogP contribution in [0.2, 0.25) is 0 Å². The van der Waals surface area contributed by atoms with Gasteiger partial charge in [0, 0.05) is 12.6 Å². The molecule has 2 N–H and O–H groups in total. The van der Waals surface area contributed by atoms with Crippen LogP contribution in [0.3, 0.4) is 0 Å². The van der Waals surface area contributed by atoms with Crippen LogP contribution >= 0.6 is 0 Å². The van der Waals surface area contributed by atoms with Crippen LogP contribution < -0.4 is 5.73 Å². The minimum atomic E-state index is -4.02. The SMILES string of the molecule is CC1(C)CCC(N)C(CN2CCC(C(F)(F)F)CC2)C1. The lowest BCUT2D eigenvalue weighted by Gasteiger charge is -2.42. The van der Waals surface area contributed by atoms with Crippen LogP contribution in [0.25, 0.3) is 0 Å². The fraction of sp³-hybridized carbons (Fsp3) is 1.00. The zero-order chi connectivity index (χ0) is 15.0. The molecule has 2 atom stereocenters. The highest BCUT2D eigenvalue weighted by atomic mass is 19.4. The average molecular weight is 292 g/mol. The number of alkyl halides is 3. The van der Waals surface area contributed by atoms with Gasteiger partial charge >= 0.3 is 6.18 Å². The van der Waals surface area contributed by atoms with E-state index < -0.39 is 12.1 Å². The number of rotatable bonds is 2. The quantitative estimate of drug-likeness (QED) is 0.845. The topological polar surface area (TPSA) is 29.3 Å². The third-order valence-electron chi connectivity index (χ3n) is 5.12. The van der Waals surface area contributed by atoms with E-state index in [2.05, 4.69) is 18.7 Å². The van der Waals surface area contributed by atoms with Crippen molar-refractivity contribution < 1.29 is 13.2 Å². The lowest BCUT2D eigenvalue weighted by Crippen LogP contribution is -2.47. The van der Waals surface area contributed by atoms with Crippen molar-refractivity contribution in [2.24, 2.45) is 23.0 Å². The number of likely N-dealkylation sites (tertiary alicyclic amines) is 1. The van der Waals surface area contributed by atoms with Crippen LogP contribution in [0.5, 0.6) is 0 Å². The van der Waals surface area contributed by atoms with Crippen molar-refractivity contribution in [3.05, 3.63) is 0 Å². The molecule has 0 aromatic carbocycles. The van der Waals surface area contributed by atoms with Gasteiger partial charge in [0.2, 0.25) is 0 Å².